The lowest BCUT2D eigenvalue weighted by molar-refractivity contribution is 0.466. The summed E-state index contributed by atoms with van der Waals surface area (Å²) in [6.45, 7) is 6.66. The fraction of sp³-hybridized carbons (Fsp3) is 0.900. The summed E-state index contributed by atoms with van der Waals surface area (Å²) in [4.78, 5) is 0. The lowest BCUT2D eigenvalue weighted by Gasteiger charge is -2.10. The maximum Gasteiger partial charge on any atom is 0.0907 e. The minimum Gasteiger partial charge on any atom is -0.388 e. The fourth-order valence-corrected chi connectivity index (χ4v) is 1.35. The molecule has 2 heteroatoms. The maximum absolute atomic E-state index is 7.12. The molecule has 0 aromatic rings. The van der Waals surface area contributed by atoms with E-state index in [9.17, 15) is 0 Å². The Kier molecular flexibility index (Phi) is 5.77. The second-order valence-corrected chi connectivity index (χ2v) is 4.16. The van der Waals surface area contributed by atoms with Crippen LogP contribution >= 0.6 is 0 Å². The zero-order chi connectivity index (χ0) is 9.56. The van der Waals surface area contributed by atoms with Crippen LogP contribution in [0.15, 0.2) is 0 Å². The molecule has 0 amide bonds. The van der Waals surface area contributed by atoms with Crippen LogP contribution in [0, 0.1) is 17.2 Å². The van der Waals surface area contributed by atoms with Crippen LogP contribution in [0.4, 0.5) is 0 Å². The molecule has 12 heavy (non-hydrogen) atoms. The van der Waals surface area contributed by atoms with Crippen molar-refractivity contribution in [2.75, 3.05) is 0 Å². The minimum atomic E-state index is 0.326. The highest BCUT2D eigenvalue weighted by Crippen LogP contribution is 2.14. The first-order valence-electron chi connectivity index (χ1n) is 4.85. The Hall–Kier alpha value is -0.530. The Morgan fingerprint density at radius 1 is 1.25 bits per heavy atom. The molecule has 1 unspecified atom stereocenters. The molecule has 0 rings (SSSR count). The molecule has 0 aromatic heterocycles. The number of hydrogen-bond acceptors (Lipinski definition) is 1. The summed E-state index contributed by atoms with van der Waals surface area (Å²) < 4.78 is 0. The Morgan fingerprint density at radius 3 is 2.25 bits per heavy atom. The van der Waals surface area contributed by atoms with E-state index in [1.807, 2.05) is 0 Å². The van der Waals surface area contributed by atoms with Crippen LogP contribution in [0.3, 0.4) is 0 Å². The quantitative estimate of drug-likeness (QED) is 0.467. The lowest BCUT2D eigenvalue weighted by atomic mass is 9.97. The molecule has 3 N–H and O–H groups in total. The van der Waals surface area contributed by atoms with E-state index in [1.165, 1.54) is 19.3 Å². The van der Waals surface area contributed by atoms with Crippen molar-refractivity contribution in [2.45, 2.75) is 46.5 Å². The van der Waals surface area contributed by atoms with E-state index in [4.69, 9.17) is 11.1 Å². The second-order valence-electron chi connectivity index (χ2n) is 4.16. The zero-order valence-corrected chi connectivity index (χ0v) is 8.56. The molecule has 1 atom stereocenters. The molecule has 2 nitrogen and oxygen atoms in total. The summed E-state index contributed by atoms with van der Waals surface area (Å²) in [5, 5.41) is 7.12. The highest BCUT2D eigenvalue weighted by molar-refractivity contribution is 5.76. The third-order valence-corrected chi connectivity index (χ3v) is 2.05. The van der Waals surface area contributed by atoms with Gasteiger partial charge in [0, 0.05) is 6.42 Å². The van der Waals surface area contributed by atoms with E-state index >= 15 is 0 Å². The van der Waals surface area contributed by atoms with E-state index in [2.05, 4.69) is 20.8 Å². The summed E-state index contributed by atoms with van der Waals surface area (Å²) in [6, 6.07) is 0. The second kappa shape index (κ2) is 6.04. The van der Waals surface area contributed by atoms with Crippen LogP contribution in [0.25, 0.3) is 0 Å². The van der Waals surface area contributed by atoms with Crippen molar-refractivity contribution in [2.24, 2.45) is 17.6 Å². The van der Waals surface area contributed by atoms with Crippen LogP contribution in [-0.4, -0.2) is 5.84 Å². The van der Waals surface area contributed by atoms with Crippen molar-refractivity contribution >= 4 is 5.84 Å². The average molecular weight is 170 g/mol. The Morgan fingerprint density at radius 2 is 1.83 bits per heavy atom. The highest BCUT2D eigenvalue weighted by Gasteiger charge is 2.03. The van der Waals surface area contributed by atoms with E-state index in [1.54, 1.807) is 0 Å². The average Bonchev–Trinajstić information content (AvgIpc) is 1.84. The van der Waals surface area contributed by atoms with Gasteiger partial charge in [-0.25, -0.2) is 0 Å². The van der Waals surface area contributed by atoms with Crippen LogP contribution in [0.2, 0.25) is 0 Å². The molecule has 0 radical (unpaired) electrons. The molecule has 0 aromatic carbocycles. The molecule has 0 aliphatic heterocycles. The largest absolute Gasteiger partial charge is 0.388 e. The molecule has 0 fully saturated rings. The van der Waals surface area contributed by atoms with Crippen molar-refractivity contribution < 1.29 is 0 Å². The van der Waals surface area contributed by atoms with Crippen molar-refractivity contribution in [3.8, 4) is 0 Å². The predicted molar refractivity (Wildman–Crippen MR) is 54.4 cm³/mol. The van der Waals surface area contributed by atoms with Crippen molar-refractivity contribution in [1.29, 1.82) is 5.41 Å². The predicted octanol–water partition coefficient (Wildman–Crippen LogP) is 2.77. The van der Waals surface area contributed by atoms with Gasteiger partial charge >= 0.3 is 0 Å². The topological polar surface area (TPSA) is 49.9 Å². The first-order chi connectivity index (χ1) is 5.52. The number of rotatable bonds is 6. The minimum absolute atomic E-state index is 0.326. The summed E-state index contributed by atoms with van der Waals surface area (Å²) in [5.41, 5.74) is 5.31. The first kappa shape index (κ1) is 11.5. The van der Waals surface area contributed by atoms with Crippen molar-refractivity contribution in [1.82, 2.24) is 0 Å². The van der Waals surface area contributed by atoms with Gasteiger partial charge in [0.15, 0.2) is 0 Å². The van der Waals surface area contributed by atoms with Crippen molar-refractivity contribution in [3.05, 3.63) is 0 Å². The van der Waals surface area contributed by atoms with Gasteiger partial charge in [-0.1, -0.05) is 40.0 Å². The molecule has 0 saturated heterocycles. The SMILES string of the molecule is CC(C)CCCC(C)CC(=N)N. The molecule has 0 aliphatic rings. The van der Waals surface area contributed by atoms with E-state index < -0.39 is 0 Å². The van der Waals surface area contributed by atoms with Gasteiger partial charge in [-0.05, 0) is 11.8 Å². The standard InChI is InChI=1S/C10H22N2/c1-8(2)5-4-6-9(3)7-10(11)12/h8-9H,4-7H2,1-3H3,(H3,11,12). The van der Waals surface area contributed by atoms with Crippen LogP contribution < -0.4 is 5.73 Å². The van der Waals surface area contributed by atoms with Crippen LogP contribution in [0.1, 0.15) is 46.5 Å². The molecular weight excluding hydrogens is 148 g/mol. The van der Waals surface area contributed by atoms with Crippen LogP contribution in [-0.2, 0) is 0 Å². The molecule has 0 heterocycles. The van der Waals surface area contributed by atoms with Gasteiger partial charge in [0.2, 0.25) is 0 Å². The first-order valence-corrected chi connectivity index (χ1v) is 4.85. The molecule has 0 aliphatic carbocycles. The van der Waals surface area contributed by atoms with Gasteiger partial charge < -0.3 is 5.73 Å². The van der Waals surface area contributed by atoms with E-state index in [0.29, 0.717) is 11.8 Å². The Bertz CT molecular complexity index is 130. The normalized spacial score (nSPS) is 13.3. The monoisotopic (exact) mass is 170 g/mol. The highest BCUT2D eigenvalue weighted by atomic mass is 14.7. The number of nitrogens with one attached hydrogen (secondary N) is 1. The summed E-state index contributed by atoms with van der Waals surface area (Å²) in [5.74, 6) is 1.71. The van der Waals surface area contributed by atoms with E-state index in [-0.39, 0.29) is 0 Å². The number of amidine groups is 1. The summed E-state index contributed by atoms with van der Waals surface area (Å²) >= 11 is 0. The molecular formula is C10H22N2. The lowest BCUT2D eigenvalue weighted by Crippen LogP contribution is -2.13. The van der Waals surface area contributed by atoms with Gasteiger partial charge in [-0.15, -0.1) is 0 Å². The van der Waals surface area contributed by atoms with E-state index in [0.717, 1.165) is 12.3 Å². The van der Waals surface area contributed by atoms with Crippen molar-refractivity contribution in [3.63, 3.8) is 0 Å². The third-order valence-electron chi connectivity index (χ3n) is 2.05. The fourth-order valence-electron chi connectivity index (χ4n) is 1.35. The zero-order valence-electron chi connectivity index (χ0n) is 8.56. The third kappa shape index (κ3) is 7.58. The molecule has 0 bridgehead atoms. The summed E-state index contributed by atoms with van der Waals surface area (Å²) in [6.07, 6.45) is 4.53. The molecule has 72 valence electrons. The number of hydrogen-bond donors (Lipinski definition) is 2. The van der Waals surface area contributed by atoms with Gasteiger partial charge in [-0.2, -0.15) is 0 Å². The smallest absolute Gasteiger partial charge is 0.0907 e. The Labute approximate surface area is 76.0 Å². The van der Waals surface area contributed by atoms with Gasteiger partial charge in [0.25, 0.3) is 0 Å². The van der Waals surface area contributed by atoms with Gasteiger partial charge in [-0.3, -0.25) is 5.41 Å². The van der Waals surface area contributed by atoms with Gasteiger partial charge in [0.05, 0.1) is 5.84 Å². The Balaban J connectivity index is 3.31. The van der Waals surface area contributed by atoms with Gasteiger partial charge in [0.1, 0.15) is 0 Å². The molecule has 0 spiro atoms. The van der Waals surface area contributed by atoms with Crippen LogP contribution in [0.5, 0.6) is 0 Å². The maximum atomic E-state index is 7.12. The molecule has 0 saturated carbocycles. The number of nitrogens with two attached hydrogens (primary N) is 1. The summed E-state index contributed by atoms with van der Waals surface area (Å²) in [7, 11) is 0.